The maximum atomic E-state index is 2.30. The van der Waals surface area contributed by atoms with Gasteiger partial charge < -0.3 is 0 Å². The first-order valence-electron chi connectivity index (χ1n) is 9.64. The van der Waals surface area contributed by atoms with Crippen molar-refractivity contribution in [2.45, 2.75) is 75.0 Å². The van der Waals surface area contributed by atoms with E-state index in [4.69, 9.17) is 0 Å². The van der Waals surface area contributed by atoms with E-state index in [-0.39, 0.29) is 0 Å². The quantitative estimate of drug-likeness (QED) is 0.276. The number of hydrogen-bond acceptors (Lipinski definition) is 2. The number of unbranched alkanes of at least 4 members (excludes halogenated alkanes) is 6. The van der Waals surface area contributed by atoms with Crippen LogP contribution in [-0.2, 0) is 0 Å². The summed E-state index contributed by atoms with van der Waals surface area (Å²) >= 11 is 4.07. The predicted octanol–water partition coefficient (Wildman–Crippen LogP) is 8.18. The van der Waals surface area contributed by atoms with Gasteiger partial charge in [-0.3, -0.25) is 0 Å². The predicted molar refractivity (Wildman–Crippen MR) is 114 cm³/mol. The Morgan fingerprint density at radius 1 is 0.583 bits per heavy atom. The molecule has 0 heterocycles. The van der Waals surface area contributed by atoms with Gasteiger partial charge in [0, 0.05) is 9.79 Å². The van der Waals surface area contributed by atoms with Crippen LogP contribution in [0.3, 0.4) is 0 Å². The van der Waals surface area contributed by atoms with Crippen LogP contribution < -0.4 is 0 Å². The summed E-state index contributed by atoms with van der Waals surface area (Å²) in [4.78, 5) is 2.91. The molecule has 0 saturated carbocycles. The molecule has 0 amide bonds. The first-order valence-corrected chi connectivity index (χ1v) is 11.6. The molecule has 24 heavy (non-hydrogen) atoms. The van der Waals surface area contributed by atoms with Gasteiger partial charge >= 0.3 is 0 Å². The van der Waals surface area contributed by atoms with E-state index in [2.05, 4.69) is 50.2 Å². The topological polar surface area (TPSA) is 0 Å². The second-order valence-electron chi connectivity index (χ2n) is 6.43. The molecular weight excluding hydrogens is 328 g/mol. The highest BCUT2D eigenvalue weighted by Crippen LogP contribution is 2.34. The van der Waals surface area contributed by atoms with Crippen molar-refractivity contribution in [2.24, 2.45) is 0 Å². The normalized spacial score (nSPS) is 11.2. The molecule has 132 valence electrons. The van der Waals surface area contributed by atoms with Crippen LogP contribution in [0.2, 0.25) is 0 Å². The lowest BCUT2D eigenvalue weighted by Gasteiger charge is -2.10. The van der Waals surface area contributed by atoms with Gasteiger partial charge in [0.1, 0.15) is 0 Å². The number of thioether (sulfide) groups is 2. The fourth-order valence-electron chi connectivity index (χ4n) is 2.93. The molecule has 2 rings (SSSR count). The smallest absolute Gasteiger partial charge is 0.0151 e. The average molecular weight is 361 g/mol. The van der Waals surface area contributed by atoms with Gasteiger partial charge in [-0.2, -0.15) is 0 Å². The fourth-order valence-corrected chi connectivity index (χ4v) is 5.08. The average Bonchev–Trinajstić information content (AvgIpc) is 2.61. The van der Waals surface area contributed by atoms with E-state index in [1.807, 2.05) is 23.5 Å². The van der Waals surface area contributed by atoms with Crippen molar-refractivity contribution in [3.63, 3.8) is 0 Å². The van der Waals surface area contributed by atoms with Gasteiger partial charge in [-0.15, -0.1) is 23.5 Å². The van der Waals surface area contributed by atoms with E-state index in [1.54, 1.807) is 0 Å². The van der Waals surface area contributed by atoms with Gasteiger partial charge in [0.2, 0.25) is 0 Å². The molecule has 0 aliphatic heterocycles. The minimum Gasteiger partial charge on any atom is -0.126 e. The minimum atomic E-state index is 1.24. The number of fused-ring (bicyclic) bond motifs is 1. The Morgan fingerprint density at radius 3 is 1.46 bits per heavy atom. The Kier molecular flexibility index (Phi) is 9.75. The van der Waals surface area contributed by atoms with Gasteiger partial charge in [-0.05, 0) is 47.3 Å². The molecule has 2 aromatic carbocycles. The summed E-state index contributed by atoms with van der Waals surface area (Å²) in [6, 6.07) is 13.6. The zero-order chi connectivity index (χ0) is 17.0. The van der Waals surface area contributed by atoms with E-state index in [1.165, 1.54) is 83.4 Å². The molecule has 0 aromatic heterocycles. The highest BCUT2D eigenvalue weighted by atomic mass is 32.2. The summed E-state index contributed by atoms with van der Waals surface area (Å²) in [7, 11) is 0. The van der Waals surface area contributed by atoms with Gasteiger partial charge in [-0.1, -0.05) is 76.6 Å². The molecule has 0 saturated heterocycles. The van der Waals surface area contributed by atoms with Crippen LogP contribution in [0, 0.1) is 0 Å². The number of benzene rings is 2. The van der Waals surface area contributed by atoms with Crippen LogP contribution >= 0.6 is 23.5 Å². The van der Waals surface area contributed by atoms with Crippen LogP contribution in [0.15, 0.2) is 46.2 Å². The Bertz CT molecular complexity index is 538. The van der Waals surface area contributed by atoms with Crippen molar-refractivity contribution < 1.29 is 0 Å². The molecule has 0 spiro atoms. The van der Waals surface area contributed by atoms with Crippen LogP contribution in [0.1, 0.15) is 65.2 Å². The molecule has 0 atom stereocenters. The molecule has 0 fully saturated rings. The zero-order valence-corrected chi connectivity index (χ0v) is 17.0. The van der Waals surface area contributed by atoms with E-state index in [9.17, 15) is 0 Å². The van der Waals surface area contributed by atoms with Crippen LogP contribution in [-0.4, -0.2) is 11.5 Å². The van der Waals surface area contributed by atoms with Crippen molar-refractivity contribution in [3.8, 4) is 0 Å². The molecule has 0 N–H and O–H groups in total. The number of hydrogen-bond donors (Lipinski definition) is 0. The molecule has 0 radical (unpaired) electrons. The summed E-state index contributed by atoms with van der Waals surface area (Å²) in [5, 5.41) is 2.88. The summed E-state index contributed by atoms with van der Waals surface area (Å²) in [6.07, 6.45) is 10.8. The van der Waals surface area contributed by atoms with Gasteiger partial charge in [0.15, 0.2) is 0 Å². The lowest BCUT2D eigenvalue weighted by Crippen LogP contribution is -1.86. The largest absolute Gasteiger partial charge is 0.126 e. The third-order valence-corrected chi connectivity index (χ3v) is 6.67. The van der Waals surface area contributed by atoms with Crippen molar-refractivity contribution in [3.05, 3.63) is 36.4 Å². The Balaban J connectivity index is 1.97. The van der Waals surface area contributed by atoms with Crippen LogP contribution in [0.4, 0.5) is 0 Å². The van der Waals surface area contributed by atoms with Gasteiger partial charge in [0.05, 0.1) is 0 Å². The third-order valence-electron chi connectivity index (χ3n) is 4.35. The van der Waals surface area contributed by atoms with E-state index >= 15 is 0 Å². The number of rotatable bonds is 12. The molecule has 0 unspecified atom stereocenters. The standard InChI is InChI=1S/C22H32S2/c1-3-5-7-9-17-23-21-15-11-14-20-19(21)13-12-16-22(20)24-18-10-8-6-4-2/h11-16H,3-10,17-18H2,1-2H3. The van der Waals surface area contributed by atoms with Crippen molar-refractivity contribution in [1.82, 2.24) is 0 Å². The second-order valence-corrected chi connectivity index (χ2v) is 8.70. The lowest BCUT2D eigenvalue weighted by molar-refractivity contribution is 0.706. The third kappa shape index (κ3) is 6.37. The monoisotopic (exact) mass is 360 g/mol. The maximum Gasteiger partial charge on any atom is 0.0151 e. The molecule has 0 bridgehead atoms. The molecule has 2 heteroatoms. The highest BCUT2D eigenvalue weighted by Gasteiger charge is 2.06. The zero-order valence-electron chi connectivity index (χ0n) is 15.4. The Labute approximate surface area is 157 Å². The fraction of sp³-hybridized carbons (Fsp3) is 0.545. The van der Waals surface area contributed by atoms with Gasteiger partial charge in [-0.25, -0.2) is 0 Å². The van der Waals surface area contributed by atoms with Crippen molar-refractivity contribution >= 4 is 34.3 Å². The first kappa shape index (κ1) is 19.7. The summed E-state index contributed by atoms with van der Waals surface area (Å²) in [6.45, 7) is 4.55. The Morgan fingerprint density at radius 2 is 1.04 bits per heavy atom. The molecule has 0 aliphatic rings. The second kappa shape index (κ2) is 11.9. The molecule has 2 aromatic rings. The van der Waals surface area contributed by atoms with Gasteiger partial charge in [0.25, 0.3) is 0 Å². The molecule has 0 aliphatic carbocycles. The van der Waals surface area contributed by atoms with Crippen molar-refractivity contribution in [2.75, 3.05) is 11.5 Å². The van der Waals surface area contributed by atoms with Crippen LogP contribution in [0.5, 0.6) is 0 Å². The van der Waals surface area contributed by atoms with E-state index in [0.29, 0.717) is 0 Å². The van der Waals surface area contributed by atoms with Crippen molar-refractivity contribution in [1.29, 1.82) is 0 Å². The van der Waals surface area contributed by atoms with Crippen LogP contribution in [0.25, 0.3) is 10.8 Å². The minimum absolute atomic E-state index is 1.24. The summed E-state index contributed by atoms with van der Waals surface area (Å²) < 4.78 is 0. The first-order chi connectivity index (χ1) is 11.9. The van der Waals surface area contributed by atoms with E-state index in [0.717, 1.165) is 0 Å². The molecular formula is C22H32S2. The lowest BCUT2D eigenvalue weighted by atomic mass is 10.1. The molecule has 0 nitrogen and oxygen atoms in total. The Hall–Kier alpha value is -0.600. The summed E-state index contributed by atoms with van der Waals surface area (Å²) in [5.74, 6) is 2.49. The summed E-state index contributed by atoms with van der Waals surface area (Å²) in [5.41, 5.74) is 0. The maximum absolute atomic E-state index is 2.30. The SMILES string of the molecule is CCCCCCSc1cccc2c(SCCCCCC)cccc12. The highest BCUT2D eigenvalue weighted by molar-refractivity contribution is 8.00. The van der Waals surface area contributed by atoms with E-state index < -0.39 is 0 Å².